The van der Waals surface area contributed by atoms with Crippen molar-refractivity contribution in [2.45, 2.75) is 13.8 Å². The smallest absolute Gasteiger partial charge is 0.308 e. The van der Waals surface area contributed by atoms with Gasteiger partial charge in [0.05, 0.1) is 10.2 Å². The van der Waals surface area contributed by atoms with Gasteiger partial charge in [0.1, 0.15) is 10.1 Å². The highest BCUT2D eigenvalue weighted by atomic mass is 127. The molecule has 1 heterocycles. The van der Waals surface area contributed by atoms with E-state index in [2.05, 4.69) is 34.2 Å². The predicted molar refractivity (Wildman–Crippen MR) is 112 cm³/mol. The van der Waals surface area contributed by atoms with Crippen LogP contribution in [0.5, 0.6) is 11.5 Å². The molecule has 0 aromatic heterocycles. The number of halogens is 1. The SMILES string of the molecule is C=CCSC1=NC(=Cc2cc(I)c(OC(C)=O)c(OCC)c2)C(=O)S1. The maximum atomic E-state index is 12.1. The van der Waals surface area contributed by atoms with Gasteiger partial charge >= 0.3 is 5.97 Å². The summed E-state index contributed by atoms with van der Waals surface area (Å²) in [5.74, 6) is 1.13. The van der Waals surface area contributed by atoms with Gasteiger partial charge in [-0.15, -0.1) is 6.58 Å². The first-order valence-corrected chi connectivity index (χ1v) is 10.2. The number of carbonyl (C=O) groups is 2. The Balaban J connectivity index is 2.36. The molecule has 8 heteroatoms. The molecule has 0 saturated carbocycles. The Labute approximate surface area is 168 Å². The topological polar surface area (TPSA) is 65.0 Å². The molecule has 0 bridgehead atoms. The Morgan fingerprint density at radius 1 is 1.48 bits per heavy atom. The Morgan fingerprint density at radius 3 is 2.88 bits per heavy atom. The monoisotopic (exact) mass is 489 g/mol. The fourth-order valence-corrected chi connectivity index (χ4v) is 4.25. The number of carbonyl (C=O) groups excluding carboxylic acids is 2. The summed E-state index contributed by atoms with van der Waals surface area (Å²) in [5.41, 5.74) is 1.14. The average molecular weight is 489 g/mol. The molecule has 2 rings (SSSR count). The van der Waals surface area contributed by atoms with Crippen LogP contribution in [0.25, 0.3) is 6.08 Å². The van der Waals surface area contributed by atoms with Crippen LogP contribution >= 0.6 is 46.1 Å². The first-order chi connectivity index (χ1) is 11.9. The molecule has 0 atom stereocenters. The summed E-state index contributed by atoms with van der Waals surface area (Å²) in [6.45, 7) is 7.28. The summed E-state index contributed by atoms with van der Waals surface area (Å²) in [6.07, 6.45) is 3.48. The number of aliphatic imine (C=N–C) groups is 1. The van der Waals surface area contributed by atoms with E-state index >= 15 is 0 Å². The molecule has 0 fully saturated rings. The number of hydrogen-bond donors (Lipinski definition) is 0. The van der Waals surface area contributed by atoms with E-state index in [0.29, 0.717) is 37.5 Å². The van der Waals surface area contributed by atoms with Gasteiger partial charge in [-0.1, -0.05) is 17.8 Å². The number of rotatable bonds is 6. The van der Waals surface area contributed by atoms with E-state index in [1.165, 1.54) is 18.7 Å². The lowest BCUT2D eigenvalue weighted by molar-refractivity contribution is -0.132. The van der Waals surface area contributed by atoms with E-state index in [1.54, 1.807) is 18.2 Å². The van der Waals surface area contributed by atoms with Crippen LogP contribution in [0, 0.1) is 3.57 Å². The van der Waals surface area contributed by atoms with Crippen molar-refractivity contribution in [3.8, 4) is 11.5 Å². The van der Waals surface area contributed by atoms with Gasteiger partial charge in [-0.3, -0.25) is 9.59 Å². The van der Waals surface area contributed by atoms with Crippen molar-refractivity contribution in [2.24, 2.45) is 4.99 Å². The molecular formula is C17H16INO4S2. The summed E-state index contributed by atoms with van der Waals surface area (Å²) < 4.78 is 12.2. The molecule has 0 saturated heterocycles. The zero-order valence-corrected chi connectivity index (χ0v) is 17.5. The molecule has 0 amide bonds. The maximum Gasteiger partial charge on any atom is 0.308 e. The second kappa shape index (κ2) is 9.44. The van der Waals surface area contributed by atoms with Crippen LogP contribution in [0.15, 0.2) is 35.5 Å². The van der Waals surface area contributed by atoms with E-state index in [9.17, 15) is 9.59 Å². The molecule has 0 spiro atoms. The van der Waals surface area contributed by atoms with Gasteiger partial charge in [-0.2, -0.15) is 0 Å². The van der Waals surface area contributed by atoms with E-state index in [0.717, 1.165) is 17.3 Å². The third kappa shape index (κ3) is 5.61. The summed E-state index contributed by atoms with van der Waals surface area (Å²) in [5, 5.41) is -0.0939. The van der Waals surface area contributed by atoms with Crippen molar-refractivity contribution in [1.29, 1.82) is 0 Å². The lowest BCUT2D eigenvalue weighted by atomic mass is 10.1. The quantitative estimate of drug-likeness (QED) is 0.193. The van der Waals surface area contributed by atoms with Gasteiger partial charge in [0.2, 0.25) is 5.12 Å². The van der Waals surface area contributed by atoms with Crippen molar-refractivity contribution < 1.29 is 19.1 Å². The standard InChI is InChI=1S/C17H16INO4S2/c1-4-6-24-17-19-13(16(21)25-17)8-11-7-12(18)15(23-10(3)20)14(9-11)22-5-2/h4,7-9H,1,5-6H2,2-3H3. The highest BCUT2D eigenvalue weighted by Crippen LogP contribution is 2.36. The first kappa shape index (κ1) is 20.1. The Kier molecular flexibility index (Phi) is 7.57. The summed E-state index contributed by atoms with van der Waals surface area (Å²) >= 11 is 4.67. The number of ether oxygens (including phenoxy) is 2. The molecule has 0 radical (unpaired) electrons. The van der Waals surface area contributed by atoms with Crippen molar-refractivity contribution in [1.82, 2.24) is 0 Å². The minimum atomic E-state index is -0.416. The van der Waals surface area contributed by atoms with Crippen molar-refractivity contribution in [2.75, 3.05) is 12.4 Å². The Morgan fingerprint density at radius 2 is 2.24 bits per heavy atom. The minimum Gasteiger partial charge on any atom is -0.490 e. The first-order valence-electron chi connectivity index (χ1n) is 7.35. The Bertz CT molecular complexity index is 774. The number of hydrogen-bond acceptors (Lipinski definition) is 7. The zero-order valence-electron chi connectivity index (χ0n) is 13.7. The van der Waals surface area contributed by atoms with Gasteiger partial charge in [-0.25, -0.2) is 4.99 Å². The molecule has 0 N–H and O–H groups in total. The molecule has 1 aliphatic heterocycles. The van der Waals surface area contributed by atoms with E-state index in [1.807, 2.05) is 13.0 Å². The molecule has 5 nitrogen and oxygen atoms in total. The lowest BCUT2D eigenvalue weighted by Gasteiger charge is -2.12. The third-order valence-electron chi connectivity index (χ3n) is 2.81. The number of thioether (sulfide) groups is 2. The molecule has 1 aromatic carbocycles. The van der Waals surface area contributed by atoms with Crippen LogP contribution in [-0.2, 0) is 9.59 Å². The van der Waals surface area contributed by atoms with Crippen molar-refractivity contribution in [3.63, 3.8) is 0 Å². The summed E-state index contributed by atoms with van der Waals surface area (Å²) in [6, 6.07) is 3.55. The van der Waals surface area contributed by atoms with Crippen LogP contribution in [-0.4, -0.2) is 27.8 Å². The third-order valence-corrected chi connectivity index (χ3v) is 5.61. The average Bonchev–Trinajstić information content (AvgIpc) is 2.88. The van der Waals surface area contributed by atoms with Crippen LogP contribution in [0.2, 0.25) is 0 Å². The number of nitrogens with zero attached hydrogens (tertiary/aromatic N) is 1. The second-order valence-electron chi connectivity index (χ2n) is 4.75. The second-order valence-corrected chi connectivity index (χ2v) is 8.14. The zero-order chi connectivity index (χ0) is 18.4. The summed E-state index contributed by atoms with van der Waals surface area (Å²) in [4.78, 5) is 27.7. The molecule has 132 valence electrons. The van der Waals surface area contributed by atoms with Gasteiger partial charge in [-0.05, 0) is 65.0 Å². The molecule has 0 aliphatic carbocycles. The van der Waals surface area contributed by atoms with Crippen LogP contribution < -0.4 is 9.47 Å². The van der Waals surface area contributed by atoms with E-state index in [4.69, 9.17) is 9.47 Å². The van der Waals surface area contributed by atoms with Crippen molar-refractivity contribution >= 4 is 67.7 Å². The normalized spacial score (nSPS) is 15.2. The molecule has 25 heavy (non-hydrogen) atoms. The van der Waals surface area contributed by atoms with Gasteiger partial charge in [0, 0.05) is 12.7 Å². The maximum absolute atomic E-state index is 12.1. The minimum absolute atomic E-state index is 0.0939. The summed E-state index contributed by atoms with van der Waals surface area (Å²) in [7, 11) is 0. The molecule has 0 unspecified atom stereocenters. The fraction of sp³-hybridized carbons (Fsp3) is 0.235. The molecule has 1 aromatic rings. The van der Waals surface area contributed by atoms with E-state index < -0.39 is 5.97 Å². The predicted octanol–water partition coefficient (Wildman–Crippen LogP) is 4.50. The van der Waals surface area contributed by atoms with Crippen LogP contribution in [0.4, 0.5) is 0 Å². The highest BCUT2D eigenvalue weighted by molar-refractivity contribution is 14.1. The Hall–Kier alpha value is -1.26. The molecular weight excluding hydrogens is 473 g/mol. The van der Waals surface area contributed by atoms with Gasteiger partial charge in [0.25, 0.3) is 0 Å². The highest BCUT2D eigenvalue weighted by Gasteiger charge is 2.22. The fourth-order valence-electron chi connectivity index (χ4n) is 1.92. The van der Waals surface area contributed by atoms with Gasteiger partial charge < -0.3 is 9.47 Å². The van der Waals surface area contributed by atoms with Crippen LogP contribution in [0.1, 0.15) is 19.4 Å². The van der Waals surface area contributed by atoms with Crippen LogP contribution in [0.3, 0.4) is 0 Å². The lowest BCUT2D eigenvalue weighted by Crippen LogP contribution is -2.06. The van der Waals surface area contributed by atoms with Gasteiger partial charge in [0.15, 0.2) is 11.5 Å². The number of benzene rings is 1. The number of esters is 1. The largest absolute Gasteiger partial charge is 0.490 e. The van der Waals surface area contributed by atoms with Crippen molar-refractivity contribution in [3.05, 3.63) is 39.6 Å². The molecule has 1 aliphatic rings. The van der Waals surface area contributed by atoms with E-state index in [-0.39, 0.29) is 5.12 Å².